The predicted molar refractivity (Wildman–Crippen MR) is 331 cm³/mol. The van der Waals surface area contributed by atoms with Crippen LogP contribution in [0, 0.1) is 0 Å². The molecule has 1 N–H and O–H groups in total. The highest BCUT2D eigenvalue weighted by molar-refractivity contribution is 6.77. The van der Waals surface area contributed by atoms with Crippen molar-refractivity contribution in [2.75, 3.05) is 52.9 Å². The number of methoxy groups -OCH3 is 1. The number of likely N-dealkylation sites (tertiary alicyclic amines) is 2. The van der Waals surface area contributed by atoms with E-state index in [4.69, 9.17) is 9.47 Å². The van der Waals surface area contributed by atoms with Gasteiger partial charge < -0.3 is 19.7 Å². The number of alkyl carbamates (subject to hydrolysis) is 1. The monoisotopic (exact) mass is 1040 g/mol. The van der Waals surface area contributed by atoms with Crippen LogP contribution in [0.2, 0.25) is 0 Å². The van der Waals surface area contributed by atoms with Crippen molar-refractivity contribution in [1.82, 2.24) is 15.1 Å². The van der Waals surface area contributed by atoms with Gasteiger partial charge in [0.25, 0.3) is 0 Å². The van der Waals surface area contributed by atoms with Crippen LogP contribution in [-0.2, 0) is 35.9 Å². The molecule has 24 aromatic carbocycles. The van der Waals surface area contributed by atoms with Crippen LogP contribution in [0.4, 0.5) is 4.79 Å². The summed E-state index contributed by atoms with van der Waals surface area (Å²) in [5.41, 5.74) is 11.8. The summed E-state index contributed by atoms with van der Waals surface area (Å²) in [6.45, 7) is 11.7. The second-order valence-corrected chi connectivity index (χ2v) is 30.8. The molecular weight excluding hydrogens is 1010 g/mol. The summed E-state index contributed by atoms with van der Waals surface area (Å²) in [6, 6.07) is 0. The lowest BCUT2D eigenvalue weighted by molar-refractivity contribution is -0.140. The molecule has 1 amide bonds. The van der Waals surface area contributed by atoms with Gasteiger partial charge in [-0.1, -0.05) is 0 Å². The van der Waals surface area contributed by atoms with Gasteiger partial charge in [-0.2, -0.15) is 0 Å². The van der Waals surface area contributed by atoms with E-state index < -0.39 is 5.60 Å². The number of carbonyl (C=O) groups is 2. The normalized spacial score (nSPS) is 26.2. The number of carbonyl (C=O) groups excluding carboxylic acids is 2. The van der Waals surface area contributed by atoms with E-state index in [0.29, 0.717) is 19.5 Å². The average molecular weight is 1040 g/mol. The molecule has 0 bridgehead atoms. The molecule has 34 rings (SSSR count). The fraction of sp³-hybridized carbons (Fsp3) is 0.227. The van der Waals surface area contributed by atoms with Gasteiger partial charge in [-0.3, -0.25) is 9.69 Å². The molecule has 24 aromatic rings. The van der Waals surface area contributed by atoms with Crippen molar-refractivity contribution >= 4 is 271 Å². The third-order valence-corrected chi connectivity index (χ3v) is 28.7. The number of nitrogens with zero attached hydrogens (tertiary/aromatic N) is 2. The molecule has 7 nitrogen and oxygen atoms in total. The van der Waals surface area contributed by atoms with Crippen LogP contribution in [0.5, 0.6) is 0 Å². The summed E-state index contributed by atoms with van der Waals surface area (Å²) < 4.78 is 11.4. The summed E-state index contributed by atoms with van der Waals surface area (Å²) in [4.78, 5) is 32.8. The first-order chi connectivity index (χ1) is 40.2. The Hall–Kier alpha value is -8.62. The fourth-order valence-electron chi connectivity index (χ4n) is 28.5. The van der Waals surface area contributed by atoms with Crippen molar-refractivity contribution < 1.29 is 19.1 Å². The third-order valence-electron chi connectivity index (χ3n) is 28.7. The van der Waals surface area contributed by atoms with Gasteiger partial charge in [0, 0.05) is 45.8 Å². The van der Waals surface area contributed by atoms with Crippen LogP contribution in [0.3, 0.4) is 0 Å². The molecule has 2 fully saturated rings. The van der Waals surface area contributed by atoms with Gasteiger partial charge in [-0.15, -0.1) is 0 Å². The van der Waals surface area contributed by atoms with Crippen molar-refractivity contribution in [3.05, 3.63) is 44.5 Å². The topological polar surface area (TPSA) is 71.1 Å². The highest BCUT2D eigenvalue weighted by Gasteiger charge is 2.76. The zero-order valence-electron chi connectivity index (χ0n) is 44.2. The van der Waals surface area contributed by atoms with E-state index in [1.54, 1.807) is 310 Å². The maximum Gasteiger partial charge on any atom is 0.407 e. The van der Waals surface area contributed by atoms with E-state index in [1.165, 1.54) is 0 Å². The van der Waals surface area contributed by atoms with Crippen LogP contribution in [0.1, 0.15) is 71.7 Å². The minimum Gasteiger partial charge on any atom is -0.469 e. The number of amides is 1. The first kappa shape index (κ1) is 34.6. The van der Waals surface area contributed by atoms with Gasteiger partial charge in [0.15, 0.2) is 0 Å². The van der Waals surface area contributed by atoms with Gasteiger partial charge in [-0.05, 0) is 324 Å². The van der Waals surface area contributed by atoms with Crippen molar-refractivity contribution in [3.8, 4) is 0 Å². The first-order valence-electron chi connectivity index (χ1n) is 30.7. The molecule has 368 valence electrons. The Morgan fingerprint density at radius 2 is 0.537 bits per heavy atom. The molecule has 0 atom stereocenters. The molecule has 2 aliphatic heterocycles. The molecule has 2 heterocycles. The molecule has 0 saturated carbocycles. The summed E-state index contributed by atoms with van der Waals surface area (Å²) in [5, 5.41) is 81.2. The van der Waals surface area contributed by atoms with Crippen LogP contribution in [0.15, 0.2) is 0 Å². The smallest absolute Gasteiger partial charge is 0.407 e. The molecule has 10 aliphatic rings. The SMILES string of the molecule is COC(=O)CCN1CC23c4c5c6c2c2c7c8c9c%10c(c%11c4c4c%12c5c5c%13c%14c%15c%16c%17c%18c%19c%20c%21c%22c%23c(c%14c%14c%24c%23c%23c%22c%22c%20c(c9c%22c7c%23c2c%24c6c%145)c2c%19c5c%17c(c%16c%13%12)c4c%11c5c%102)C%152CN(CCNC(=O)OC(C)(C)C)CC%18%212)C83C1. The Kier molecular flexibility index (Phi) is 3.45. The third kappa shape index (κ3) is 2.05. The molecule has 2 saturated heterocycles. The lowest BCUT2D eigenvalue weighted by Crippen LogP contribution is -2.51. The number of nitrogens with one attached hydrogen (secondary N) is 1. The number of hydrogen-bond acceptors (Lipinski definition) is 6. The van der Waals surface area contributed by atoms with Gasteiger partial charge in [0.05, 0.1) is 35.2 Å². The minimum absolute atomic E-state index is 0.100. The van der Waals surface area contributed by atoms with Crippen molar-refractivity contribution in [3.63, 3.8) is 0 Å². The molecule has 7 heteroatoms. The van der Waals surface area contributed by atoms with Gasteiger partial charge in [0.2, 0.25) is 0 Å². The van der Waals surface area contributed by atoms with Crippen molar-refractivity contribution in [2.45, 2.75) is 54.5 Å². The number of ether oxygens (including phenoxy) is 2. The van der Waals surface area contributed by atoms with Crippen LogP contribution >= 0.6 is 0 Å². The lowest BCUT2D eigenvalue weighted by atomic mass is 9.50. The van der Waals surface area contributed by atoms with E-state index in [2.05, 4.69) is 15.1 Å². The maximum atomic E-state index is 13.6. The van der Waals surface area contributed by atoms with E-state index in [-0.39, 0.29) is 33.7 Å². The van der Waals surface area contributed by atoms with Gasteiger partial charge in [0.1, 0.15) is 5.60 Å². The zero-order chi connectivity index (χ0) is 50.9. The Morgan fingerprint density at radius 3 is 0.732 bits per heavy atom. The average Bonchev–Trinajstić information content (AvgIpc) is 1.42. The Bertz CT molecular complexity index is 6860. The molecule has 4 spiro atoms. The molecule has 8 aliphatic carbocycles. The summed E-state index contributed by atoms with van der Waals surface area (Å²) in [7, 11) is 1.58. The van der Waals surface area contributed by atoms with Gasteiger partial charge >= 0.3 is 12.1 Å². The molecular formula is C75H29N3O4. The van der Waals surface area contributed by atoms with Crippen LogP contribution in [-0.4, -0.2) is 80.4 Å². The van der Waals surface area contributed by atoms with Crippen molar-refractivity contribution in [2.24, 2.45) is 0 Å². The zero-order valence-corrected chi connectivity index (χ0v) is 44.2. The van der Waals surface area contributed by atoms with Crippen molar-refractivity contribution in [1.29, 1.82) is 0 Å². The molecule has 0 radical (unpaired) electrons. The highest BCUT2D eigenvalue weighted by Crippen LogP contribution is 2.88. The number of benzene rings is 16. The number of hydrogen-bond donors (Lipinski definition) is 1. The maximum absolute atomic E-state index is 13.6. The Morgan fingerprint density at radius 1 is 0.341 bits per heavy atom. The minimum atomic E-state index is -0.562. The molecule has 82 heavy (non-hydrogen) atoms. The van der Waals surface area contributed by atoms with E-state index in [9.17, 15) is 9.59 Å². The van der Waals surface area contributed by atoms with E-state index in [0.717, 1.165) is 32.7 Å². The van der Waals surface area contributed by atoms with Crippen LogP contribution < -0.4 is 5.32 Å². The van der Waals surface area contributed by atoms with Crippen LogP contribution in [0.25, 0.3) is 259 Å². The fourth-order valence-corrected chi connectivity index (χ4v) is 28.5. The second-order valence-electron chi connectivity index (χ2n) is 30.8. The lowest BCUT2D eigenvalue weighted by Gasteiger charge is -2.50. The number of esters is 1. The van der Waals surface area contributed by atoms with Gasteiger partial charge in [-0.25, -0.2) is 4.79 Å². The summed E-state index contributed by atoms with van der Waals surface area (Å²) in [6.07, 6.45) is 0.0902. The summed E-state index contributed by atoms with van der Waals surface area (Å²) in [5.74, 6) is -0.100. The second kappa shape index (κ2) is 8.18. The highest BCUT2D eigenvalue weighted by atomic mass is 16.6. The quantitative estimate of drug-likeness (QED) is 0.132. The summed E-state index contributed by atoms with van der Waals surface area (Å²) >= 11 is 0. The van der Waals surface area contributed by atoms with E-state index in [1.807, 2.05) is 20.8 Å². The number of rotatable bonds is 6. The standard InChI is InChI=1S/C75H29N3O4/c1-71(2,3)82-70(80)76-6-8-78-11-74-66-54-38-20-21-35-17-25-39(21)55(54)67(74)59-43(25)29-15-31(17)47-49-33(15)19-27-41-23-22-36-18-26-40(22)56-57(41)69(61(59)45(27)29)75(74,12-78)68(56)60-44(26)28-14-30-16(24(38)42(28)58(60)66)34(20)50-51(35)63(47)72-9-77(7-5-13(79)81-4)10-73(72)64(48(32(14)18)46(30)62(50)72)52(36)53(37(19)23)65(49)73/h5-12H2,1-4H3,(H,76,80). The Balaban J connectivity index is 0.957. The predicted octanol–water partition coefficient (Wildman–Crippen LogP) is 15.6. The first-order valence-corrected chi connectivity index (χ1v) is 30.7. The Labute approximate surface area is 454 Å². The molecule has 0 aromatic heterocycles. The molecule has 0 unspecified atom stereocenters. The van der Waals surface area contributed by atoms with E-state index >= 15 is 0 Å². The largest absolute Gasteiger partial charge is 0.469 e.